The van der Waals surface area contributed by atoms with E-state index in [4.69, 9.17) is 4.74 Å². The summed E-state index contributed by atoms with van der Waals surface area (Å²) < 4.78 is 6.10. The van der Waals surface area contributed by atoms with Crippen LogP contribution in [0.25, 0.3) is 0 Å². The Hall–Kier alpha value is -1.32. The Bertz CT molecular complexity index is 511. The van der Waals surface area contributed by atoms with Crippen molar-refractivity contribution in [3.8, 4) is 5.75 Å². The second-order valence-electron chi connectivity index (χ2n) is 3.73. The molecule has 1 atom stereocenters. The van der Waals surface area contributed by atoms with Crippen LogP contribution in [0.3, 0.4) is 0 Å². The van der Waals surface area contributed by atoms with E-state index in [-0.39, 0.29) is 0 Å². The molecule has 3 heteroatoms. The van der Waals surface area contributed by atoms with Crippen LogP contribution in [-0.4, -0.2) is 12.2 Å². The highest BCUT2D eigenvalue weighted by Crippen LogP contribution is 2.26. The van der Waals surface area contributed by atoms with Gasteiger partial charge in [0.25, 0.3) is 0 Å². The number of hydrogen-bond donors (Lipinski definition) is 1. The van der Waals surface area contributed by atoms with E-state index in [9.17, 15) is 5.11 Å². The van der Waals surface area contributed by atoms with Crippen LogP contribution in [0.2, 0.25) is 0 Å². The molecule has 0 fully saturated rings. The van der Waals surface area contributed by atoms with Crippen molar-refractivity contribution < 1.29 is 9.84 Å². The molecule has 0 heterocycles. The smallest absolute Gasteiger partial charge is 0.119 e. The third-order valence-corrected chi connectivity index (χ3v) is 3.07. The average molecular weight is 293 g/mol. The average Bonchev–Trinajstić information content (AvgIpc) is 2.38. The van der Waals surface area contributed by atoms with E-state index in [1.54, 1.807) is 7.11 Å². The Morgan fingerprint density at radius 3 is 2.35 bits per heavy atom. The fourth-order valence-corrected chi connectivity index (χ4v) is 2.10. The van der Waals surface area contributed by atoms with Crippen LogP contribution < -0.4 is 4.74 Å². The number of benzene rings is 2. The predicted molar refractivity (Wildman–Crippen MR) is 71.2 cm³/mol. The summed E-state index contributed by atoms with van der Waals surface area (Å²) in [6, 6.07) is 15.1. The topological polar surface area (TPSA) is 29.5 Å². The van der Waals surface area contributed by atoms with Crippen LogP contribution in [0.15, 0.2) is 53.0 Å². The summed E-state index contributed by atoms with van der Waals surface area (Å²) in [7, 11) is 1.62. The zero-order valence-corrected chi connectivity index (χ0v) is 11.0. The van der Waals surface area contributed by atoms with E-state index in [0.717, 1.165) is 21.3 Å². The molecular formula is C14H13BrO2. The predicted octanol–water partition coefficient (Wildman–Crippen LogP) is 3.54. The van der Waals surface area contributed by atoms with E-state index in [0.29, 0.717) is 0 Å². The van der Waals surface area contributed by atoms with Crippen LogP contribution in [0, 0.1) is 0 Å². The molecule has 0 aromatic heterocycles. The highest BCUT2D eigenvalue weighted by atomic mass is 79.9. The zero-order valence-electron chi connectivity index (χ0n) is 9.43. The third kappa shape index (κ3) is 2.87. The molecule has 0 spiro atoms. The summed E-state index contributed by atoms with van der Waals surface area (Å²) in [5, 5.41) is 10.3. The van der Waals surface area contributed by atoms with Crippen LogP contribution in [-0.2, 0) is 0 Å². The van der Waals surface area contributed by atoms with Crippen molar-refractivity contribution in [1.82, 2.24) is 0 Å². The molecule has 0 aliphatic carbocycles. The normalized spacial score (nSPS) is 12.2. The Morgan fingerprint density at radius 1 is 1.06 bits per heavy atom. The molecule has 88 valence electrons. The molecule has 17 heavy (non-hydrogen) atoms. The lowest BCUT2D eigenvalue weighted by Crippen LogP contribution is -1.99. The van der Waals surface area contributed by atoms with Crippen LogP contribution in [0.4, 0.5) is 0 Å². The summed E-state index contributed by atoms with van der Waals surface area (Å²) in [5.74, 6) is 0.747. The fraction of sp³-hybridized carbons (Fsp3) is 0.143. The Kier molecular flexibility index (Phi) is 3.82. The lowest BCUT2D eigenvalue weighted by atomic mass is 10.0. The maximum Gasteiger partial charge on any atom is 0.119 e. The standard InChI is InChI=1S/C14H13BrO2/c1-17-13-7-3-5-11(9-13)14(16)10-4-2-6-12(15)8-10/h2-9,14,16H,1H3/t14-/m0/s1. The number of rotatable bonds is 3. The number of methoxy groups -OCH3 is 1. The largest absolute Gasteiger partial charge is 0.497 e. The Morgan fingerprint density at radius 2 is 1.71 bits per heavy atom. The maximum atomic E-state index is 10.3. The van der Waals surface area contributed by atoms with Crippen molar-refractivity contribution in [3.63, 3.8) is 0 Å². The third-order valence-electron chi connectivity index (χ3n) is 2.57. The van der Waals surface area contributed by atoms with Crippen molar-refractivity contribution in [3.05, 3.63) is 64.1 Å². The first-order valence-electron chi connectivity index (χ1n) is 5.28. The van der Waals surface area contributed by atoms with Gasteiger partial charge in [-0.25, -0.2) is 0 Å². The van der Waals surface area contributed by atoms with Gasteiger partial charge in [0.05, 0.1) is 7.11 Å². The van der Waals surface area contributed by atoms with E-state index in [1.807, 2.05) is 48.5 Å². The molecule has 0 aliphatic heterocycles. The lowest BCUT2D eigenvalue weighted by Gasteiger charge is -2.12. The van der Waals surface area contributed by atoms with Gasteiger partial charge < -0.3 is 9.84 Å². The molecule has 0 unspecified atom stereocenters. The lowest BCUT2D eigenvalue weighted by molar-refractivity contribution is 0.219. The zero-order chi connectivity index (χ0) is 12.3. The van der Waals surface area contributed by atoms with Gasteiger partial charge in [-0.15, -0.1) is 0 Å². The summed E-state index contributed by atoms with van der Waals surface area (Å²) in [6.07, 6.45) is -0.636. The first-order chi connectivity index (χ1) is 8.20. The highest BCUT2D eigenvalue weighted by molar-refractivity contribution is 9.10. The van der Waals surface area contributed by atoms with Gasteiger partial charge in [-0.05, 0) is 35.4 Å². The quantitative estimate of drug-likeness (QED) is 0.938. The minimum atomic E-state index is -0.636. The van der Waals surface area contributed by atoms with E-state index in [2.05, 4.69) is 15.9 Å². The molecule has 2 rings (SSSR count). The van der Waals surface area contributed by atoms with Gasteiger partial charge in [0.15, 0.2) is 0 Å². The van der Waals surface area contributed by atoms with Crippen molar-refractivity contribution in [2.75, 3.05) is 7.11 Å². The summed E-state index contributed by atoms with van der Waals surface area (Å²) in [4.78, 5) is 0. The van der Waals surface area contributed by atoms with Crippen molar-refractivity contribution >= 4 is 15.9 Å². The number of ether oxygens (including phenoxy) is 1. The van der Waals surface area contributed by atoms with Gasteiger partial charge in [0.2, 0.25) is 0 Å². The van der Waals surface area contributed by atoms with E-state index in [1.165, 1.54) is 0 Å². The molecule has 0 saturated carbocycles. The van der Waals surface area contributed by atoms with Gasteiger partial charge in [-0.3, -0.25) is 0 Å². The van der Waals surface area contributed by atoms with Crippen molar-refractivity contribution in [2.45, 2.75) is 6.10 Å². The van der Waals surface area contributed by atoms with Gasteiger partial charge in [-0.2, -0.15) is 0 Å². The molecule has 0 bridgehead atoms. The van der Waals surface area contributed by atoms with Crippen LogP contribution in [0.1, 0.15) is 17.2 Å². The molecule has 2 nitrogen and oxygen atoms in total. The number of hydrogen-bond acceptors (Lipinski definition) is 2. The second kappa shape index (κ2) is 5.34. The molecule has 1 N–H and O–H groups in total. The first kappa shape index (κ1) is 12.1. The van der Waals surface area contributed by atoms with Crippen LogP contribution in [0.5, 0.6) is 5.75 Å². The summed E-state index contributed by atoms with van der Waals surface area (Å²) >= 11 is 3.40. The van der Waals surface area contributed by atoms with Gasteiger partial charge in [0, 0.05) is 4.47 Å². The summed E-state index contributed by atoms with van der Waals surface area (Å²) in [6.45, 7) is 0. The van der Waals surface area contributed by atoms with Gasteiger partial charge in [-0.1, -0.05) is 40.2 Å². The SMILES string of the molecule is COc1cccc([C@@H](O)c2cccc(Br)c2)c1. The molecule has 0 aliphatic rings. The van der Waals surface area contributed by atoms with Gasteiger partial charge in [0.1, 0.15) is 11.9 Å². The molecule has 2 aromatic rings. The second-order valence-corrected chi connectivity index (χ2v) is 4.65. The molecular weight excluding hydrogens is 280 g/mol. The van der Waals surface area contributed by atoms with E-state index < -0.39 is 6.10 Å². The Balaban J connectivity index is 2.33. The summed E-state index contributed by atoms with van der Waals surface area (Å²) in [5.41, 5.74) is 1.68. The molecule has 0 amide bonds. The van der Waals surface area contributed by atoms with Crippen LogP contribution >= 0.6 is 15.9 Å². The monoisotopic (exact) mass is 292 g/mol. The number of aliphatic hydroxyl groups is 1. The Labute approximate surface area is 109 Å². The number of aliphatic hydroxyl groups excluding tert-OH is 1. The van der Waals surface area contributed by atoms with Crippen molar-refractivity contribution in [1.29, 1.82) is 0 Å². The molecule has 0 radical (unpaired) electrons. The first-order valence-corrected chi connectivity index (χ1v) is 6.07. The number of halogens is 1. The molecule has 2 aromatic carbocycles. The minimum Gasteiger partial charge on any atom is -0.497 e. The van der Waals surface area contributed by atoms with Gasteiger partial charge >= 0.3 is 0 Å². The maximum absolute atomic E-state index is 10.3. The fourth-order valence-electron chi connectivity index (χ4n) is 1.68. The highest BCUT2D eigenvalue weighted by Gasteiger charge is 2.11. The minimum absolute atomic E-state index is 0.636. The molecule has 0 saturated heterocycles. The van der Waals surface area contributed by atoms with E-state index >= 15 is 0 Å². The van der Waals surface area contributed by atoms with Crippen molar-refractivity contribution in [2.24, 2.45) is 0 Å².